The van der Waals surface area contributed by atoms with Crippen LogP contribution < -0.4 is 14.5 Å². The molecule has 0 bridgehead atoms. The van der Waals surface area contributed by atoms with E-state index in [0.29, 0.717) is 0 Å². The number of allylic oxidation sites excluding steroid dienone is 4. The summed E-state index contributed by atoms with van der Waals surface area (Å²) in [5, 5.41) is 6.84. The fourth-order valence-electron chi connectivity index (χ4n) is 11.4. The maximum atomic E-state index is 6.96. The lowest BCUT2D eigenvalue weighted by molar-refractivity contribution is 0.253. The third-order valence-corrected chi connectivity index (χ3v) is 14.5. The van der Waals surface area contributed by atoms with Gasteiger partial charge in [0, 0.05) is 50.4 Å². The fourth-order valence-corrected chi connectivity index (χ4v) is 11.4. The molecular formula is C65H48N2O2. The summed E-state index contributed by atoms with van der Waals surface area (Å²) in [7, 11) is 0. The second-order valence-electron chi connectivity index (χ2n) is 18.3. The third kappa shape index (κ3) is 6.58. The molecule has 13 rings (SSSR count). The van der Waals surface area contributed by atoms with E-state index < -0.39 is 0 Å². The highest BCUT2D eigenvalue weighted by Gasteiger charge is 2.40. The van der Waals surface area contributed by atoms with Crippen LogP contribution in [0.4, 0.5) is 22.7 Å². The van der Waals surface area contributed by atoms with Crippen LogP contribution in [0.15, 0.2) is 247 Å². The van der Waals surface area contributed by atoms with E-state index in [0.717, 1.165) is 89.0 Å². The van der Waals surface area contributed by atoms with Gasteiger partial charge in [-0.3, -0.25) is 0 Å². The minimum absolute atomic E-state index is 0.0619. The minimum atomic E-state index is -0.241. The first kappa shape index (κ1) is 40.7. The topological polar surface area (TPSA) is 28.9 Å². The van der Waals surface area contributed by atoms with E-state index in [1.807, 2.05) is 6.07 Å². The highest BCUT2D eigenvalue weighted by atomic mass is 16.5. The Labute approximate surface area is 402 Å². The number of benzene rings is 9. The molecule has 69 heavy (non-hydrogen) atoms. The van der Waals surface area contributed by atoms with Crippen LogP contribution in [0.3, 0.4) is 0 Å². The highest BCUT2D eigenvalue weighted by Crippen LogP contribution is 2.51. The number of rotatable bonds is 9. The number of ether oxygens (including phenoxy) is 1. The van der Waals surface area contributed by atoms with Gasteiger partial charge in [0.05, 0.1) is 28.8 Å². The van der Waals surface area contributed by atoms with Gasteiger partial charge in [0.25, 0.3) is 0 Å². The summed E-state index contributed by atoms with van der Waals surface area (Å²) in [4.78, 5) is 4.98. The summed E-state index contributed by atoms with van der Waals surface area (Å²) in [6, 6.07) is 67.5. The molecule has 4 heteroatoms. The van der Waals surface area contributed by atoms with E-state index in [1.165, 1.54) is 22.1 Å². The highest BCUT2D eigenvalue weighted by molar-refractivity contribution is 6.19. The Hall–Kier alpha value is -8.60. The van der Waals surface area contributed by atoms with Crippen LogP contribution in [-0.2, 0) is 0 Å². The van der Waals surface area contributed by atoms with Crippen LogP contribution in [-0.4, -0.2) is 12.1 Å². The van der Waals surface area contributed by atoms with Crippen molar-refractivity contribution in [2.45, 2.75) is 30.9 Å². The van der Waals surface area contributed by atoms with E-state index in [2.05, 4.69) is 254 Å². The Kier molecular flexibility index (Phi) is 9.79. The van der Waals surface area contributed by atoms with Gasteiger partial charge in [-0.05, 0) is 82.2 Å². The average Bonchev–Trinajstić information content (AvgIpc) is 4.00. The van der Waals surface area contributed by atoms with Gasteiger partial charge < -0.3 is 19.0 Å². The Morgan fingerprint density at radius 3 is 2.13 bits per heavy atom. The van der Waals surface area contributed by atoms with Crippen LogP contribution in [0.5, 0.6) is 5.75 Å². The number of aryl methyl sites for hydroxylation is 1. The normalized spacial score (nSPS) is 18.0. The SMILES string of the molecule is C=Cc1c(N(C2=CC=CC3c4ccccc4OC23)c2ccccc2-c2ccccc2)ccc2ccc3c(N(c4cccc5c4oc4ccccc45)C4C=CC=CC4c4ccccc4)ccc(C)c3c12. The maximum Gasteiger partial charge on any atom is 0.159 e. The molecule has 1 aromatic heterocycles. The van der Waals surface area contributed by atoms with Gasteiger partial charge in [-0.1, -0.05) is 201 Å². The maximum absolute atomic E-state index is 6.96. The molecule has 3 aliphatic rings. The van der Waals surface area contributed by atoms with Crippen LogP contribution in [0.25, 0.3) is 60.7 Å². The summed E-state index contributed by atoms with van der Waals surface area (Å²) >= 11 is 0. The average molecular weight is 889 g/mol. The number of hydrogen-bond donors (Lipinski definition) is 0. The van der Waals surface area contributed by atoms with Crippen molar-refractivity contribution < 1.29 is 9.15 Å². The van der Waals surface area contributed by atoms with Crippen LogP contribution >= 0.6 is 0 Å². The van der Waals surface area contributed by atoms with Crippen LogP contribution in [0.2, 0.25) is 0 Å². The largest absolute Gasteiger partial charge is 0.483 e. The number of nitrogens with zero attached hydrogens (tertiary/aromatic N) is 2. The second kappa shape index (κ2) is 16.6. The van der Waals surface area contributed by atoms with Crippen molar-refractivity contribution in [1.82, 2.24) is 0 Å². The molecular weight excluding hydrogens is 841 g/mol. The second-order valence-corrected chi connectivity index (χ2v) is 18.3. The Morgan fingerprint density at radius 2 is 1.25 bits per heavy atom. The van der Waals surface area contributed by atoms with Gasteiger partial charge in [-0.25, -0.2) is 0 Å². The lowest BCUT2D eigenvalue weighted by atomic mass is 9.85. The molecule has 9 aromatic carbocycles. The molecule has 4 unspecified atom stereocenters. The summed E-state index contributed by atoms with van der Waals surface area (Å²) in [5.41, 5.74) is 14.0. The number of anilines is 4. The van der Waals surface area contributed by atoms with Gasteiger partial charge in [-0.2, -0.15) is 0 Å². The van der Waals surface area contributed by atoms with Crippen molar-refractivity contribution in [3.05, 3.63) is 265 Å². The molecule has 0 fully saturated rings. The first-order valence-electron chi connectivity index (χ1n) is 23.9. The van der Waals surface area contributed by atoms with E-state index in [9.17, 15) is 0 Å². The number of hydrogen-bond acceptors (Lipinski definition) is 4. The minimum Gasteiger partial charge on any atom is -0.483 e. The lowest BCUT2D eigenvalue weighted by Crippen LogP contribution is -2.35. The smallest absolute Gasteiger partial charge is 0.159 e. The molecule has 4 nitrogen and oxygen atoms in total. The molecule has 0 radical (unpaired) electrons. The van der Waals surface area contributed by atoms with Crippen molar-refractivity contribution in [2.75, 3.05) is 9.80 Å². The van der Waals surface area contributed by atoms with Crippen molar-refractivity contribution in [3.63, 3.8) is 0 Å². The zero-order valence-electron chi connectivity index (χ0n) is 38.2. The van der Waals surface area contributed by atoms with E-state index in [4.69, 9.17) is 9.15 Å². The number of para-hydroxylation sites is 4. The summed E-state index contributed by atoms with van der Waals surface area (Å²) in [6.07, 6.45) is 17.6. The molecule has 0 N–H and O–H groups in total. The van der Waals surface area contributed by atoms with Crippen LogP contribution in [0.1, 0.15) is 34.1 Å². The van der Waals surface area contributed by atoms with Gasteiger partial charge in [0.1, 0.15) is 17.4 Å². The van der Waals surface area contributed by atoms with Gasteiger partial charge >= 0.3 is 0 Å². The van der Waals surface area contributed by atoms with Crippen molar-refractivity contribution in [1.29, 1.82) is 0 Å². The first-order chi connectivity index (χ1) is 34.1. The molecule has 2 heterocycles. The van der Waals surface area contributed by atoms with Crippen molar-refractivity contribution in [3.8, 4) is 16.9 Å². The van der Waals surface area contributed by atoms with Gasteiger partial charge in [-0.15, -0.1) is 0 Å². The Morgan fingerprint density at radius 1 is 0.536 bits per heavy atom. The summed E-state index contributed by atoms with van der Waals surface area (Å²) in [6.45, 7) is 6.87. The van der Waals surface area contributed by atoms with E-state index in [1.54, 1.807) is 0 Å². The Bertz CT molecular complexity index is 3780. The van der Waals surface area contributed by atoms with Crippen LogP contribution in [0, 0.1) is 6.92 Å². The Balaban J connectivity index is 1.07. The summed E-state index contributed by atoms with van der Waals surface area (Å²) < 4.78 is 13.8. The predicted octanol–water partition coefficient (Wildman–Crippen LogP) is 17.1. The summed E-state index contributed by atoms with van der Waals surface area (Å²) in [5.74, 6) is 1.06. The number of fused-ring (bicyclic) bond motifs is 9. The molecule has 2 aliphatic carbocycles. The predicted molar refractivity (Wildman–Crippen MR) is 288 cm³/mol. The third-order valence-electron chi connectivity index (χ3n) is 14.5. The van der Waals surface area contributed by atoms with Crippen molar-refractivity contribution >= 4 is 72.3 Å². The van der Waals surface area contributed by atoms with Gasteiger partial charge in [0.15, 0.2) is 5.58 Å². The van der Waals surface area contributed by atoms with Gasteiger partial charge in [0.2, 0.25) is 0 Å². The molecule has 0 amide bonds. The zero-order chi connectivity index (χ0) is 46.0. The van der Waals surface area contributed by atoms with E-state index >= 15 is 0 Å². The lowest BCUT2D eigenvalue weighted by Gasteiger charge is -2.38. The molecule has 0 saturated heterocycles. The molecule has 1 aliphatic heterocycles. The zero-order valence-corrected chi connectivity index (χ0v) is 38.2. The molecule has 10 aromatic rings. The molecule has 0 spiro atoms. The quantitative estimate of drug-likeness (QED) is 0.135. The molecule has 0 saturated carbocycles. The standard InChI is InChI=1S/C65H48N2O2/c1-3-46-56(66(54-30-14-10-24-47(54)43-20-6-4-7-21-43)58-32-18-28-51-49-26-12-16-34-60(49)68-64(51)58)41-38-45-37-39-53-57(40-36-42(2)62(53)63(45)46)67(55-31-15-11-25-48(55)44-22-8-5-9-23-44)59-33-19-29-52-50-27-13-17-35-61(50)69-65(52)59/h3-41,48,51,55,64H,1H2,2H3. The fraction of sp³-hybridized carbons (Fsp3) is 0.0769. The van der Waals surface area contributed by atoms with E-state index in [-0.39, 0.29) is 24.0 Å². The monoisotopic (exact) mass is 888 g/mol. The molecule has 4 atom stereocenters. The number of furan rings is 1. The van der Waals surface area contributed by atoms with Crippen molar-refractivity contribution in [2.24, 2.45) is 0 Å². The molecule has 330 valence electrons. The first-order valence-corrected chi connectivity index (χ1v) is 23.9.